The second kappa shape index (κ2) is 19.0. The number of phenols is 1. The molecule has 0 saturated carbocycles. The van der Waals surface area contributed by atoms with E-state index >= 15 is 0 Å². The summed E-state index contributed by atoms with van der Waals surface area (Å²) < 4.78 is 59.3. The molecule has 1 aromatic heterocycles. The number of hydrogen-bond donors (Lipinski definition) is 1. The Labute approximate surface area is 293 Å². The van der Waals surface area contributed by atoms with Crippen LogP contribution in [-0.2, 0) is 39.7 Å². The molecule has 3 aromatic carbocycles. The molecular weight excluding hydrogens is 672 g/mol. The van der Waals surface area contributed by atoms with Crippen LogP contribution in [0.2, 0.25) is 0 Å². The molecule has 0 atom stereocenters. The number of phenolic OH excluding ortho intramolecular Hbond substituents is 1. The second-order valence-corrected chi connectivity index (χ2v) is 10.7. The molecule has 15 nitrogen and oxygen atoms in total. The number of ether oxygens (including phenoxy) is 10. The molecule has 4 aromatic rings. The fourth-order valence-corrected chi connectivity index (χ4v) is 4.84. The molecule has 1 heterocycles. The molecule has 4 rings (SSSR count). The molecule has 51 heavy (non-hydrogen) atoms. The molecule has 1 N–H and O–H groups in total. The van der Waals surface area contributed by atoms with Gasteiger partial charge in [0, 0.05) is 45.4 Å². The number of aromatic hydroxyl groups is 1. The van der Waals surface area contributed by atoms with Gasteiger partial charge in [-0.15, -0.1) is 0 Å². The maximum absolute atomic E-state index is 13.9. The molecule has 0 saturated heterocycles. The smallest absolute Gasteiger partial charge is 0.320 e. The molecule has 15 heteroatoms. The van der Waals surface area contributed by atoms with Crippen molar-refractivity contribution in [2.75, 3.05) is 69.1 Å². The molecular formula is C36H40O15. The van der Waals surface area contributed by atoms with Crippen molar-refractivity contribution >= 4 is 22.9 Å². The normalized spacial score (nSPS) is 10.9. The van der Waals surface area contributed by atoms with Gasteiger partial charge in [0.2, 0.25) is 11.2 Å². The van der Waals surface area contributed by atoms with Gasteiger partial charge in [-0.25, -0.2) is 0 Å². The summed E-state index contributed by atoms with van der Waals surface area (Å²) in [6.45, 7) is 0.0365. The Morgan fingerprint density at radius 3 is 1.98 bits per heavy atom. The Kier molecular flexibility index (Phi) is 14.3. The Morgan fingerprint density at radius 2 is 1.33 bits per heavy atom. The minimum atomic E-state index is -1.08. The van der Waals surface area contributed by atoms with E-state index in [-0.39, 0.29) is 79.7 Å². The van der Waals surface area contributed by atoms with E-state index < -0.39 is 23.3 Å². The second-order valence-electron chi connectivity index (χ2n) is 10.7. The molecule has 0 bridgehead atoms. The third-order valence-corrected chi connectivity index (χ3v) is 7.26. The predicted octanol–water partition coefficient (Wildman–Crippen LogP) is 4.47. The van der Waals surface area contributed by atoms with E-state index in [1.54, 1.807) is 42.5 Å². The maximum atomic E-state index is 13.9. The summed E-state index contributed by atoms with van der Waals surface area (Å²) in [5.41, 5.74) is 0.538. The van der Waals surface area contributed by atoms with Crippen molar-refractivity contribution in [3.8, 4) is 45.8 Å². The van der Waals surface area contributed by atoms with Crippen molar-refractivity contribution in [3.63, 3.8) is 0 Å². The number of rotatable bonds is 20. The average molecular weight is 713 g/mol. The fraction of sp³-hybridized carbons (Fsp3) is 0.361. The zero-order chi connectivity index (χ0) is 36.8. The van der Waals surface area contributed by atoms with Crippen LogP contribution in [0, 0.1) is 5.92 Å². The van der Waals surface area contributed by atoms with Crippen LogP contribution in [0.4, 0.5) is 0 Å². The van der Waals surface area contributed by atoms with Crippen LogP contribution in [0.3, 0.4) is 0 Å². The van der Waals surface area contributed by atoms with Crippen LogP contribution in [0.5, 0.6) is 34.5 Å². The lowest BCUT2D eigenvalue weighted by molar-refractivity contribution is -0.158. The van der Waals surface area contributed by atoms with Gasteiger partial charge in [-0.2, -0.15) is 0 Å². The topological polar surface area (TPSA) is 177 Å². The third-order valence-electron chi connectivity index (χ3n) is 7.26. The summed E-state index contributed by atoms with van der Waals surface area (Å²) in [5, 5.41) is 10.7. The first kappa shape index (κ1) is 38.3. The Balaban J connectivity index is 1.55. The summed E-state index contributed by atoms with van der Waals surface area (Å²) >= 11 is 0. The van der Waals surface area contributed by atoms with Crippen LogP contribution < -0.4 is 29.1 Å². The standard InChI is InChI=1S/C36H40O15/c1-41-19-48-25-17-27(37)31-30(18-25)51-33(23-9-12-28(49-20-42-2)29(16-23)50-21-43-3)34(32(31)38)47-14-6-13-46-24-10-7-22(8-11-24)15-26(35(39)44-4)36(40)45-5/h7-12,16-18,26,37H,6,13-15,19-21H2,1-5H3. The van der Waals surface area contributed by atoms with Crippen molar-refractivity contribution in [3.05, 3.63) is 70.4 Å². The van der Waals surface area contributed by atoms with Crippen molar-refractivity contribution in [2.24, 2.45) is 5.92 Å². The van der Waals surface area contributed by atoms with Crippen LogP contribution >= 0.6 is 0 Å². The molecule has 0 aliphatic heterocycles. The summed E-state index contributed by atoms with van der Waals surface area (Å²) in [6.07, 6.45) is 0.456. The van der Waals surface area contributed by atoms with Gasteiger partial charge in [-0.1, -0.05) is 12.1 Å². The molecule has 0 aliphatic rings. The third kappa shape index (κ3) is 10.0. The van der Waals surface area contributed by atoms with Crippen molar-refractivity contribution in [1.29, 1.82) is 0 Å². The summed E-state index contributed by atoms with van der Waals surface area (Å²) in [5.74, 6) is -1.52. The summed E-state index contributed by atoms with van der Waals surface area (Å²) in [4.78, 5) is 37.9. The van der Waals surface area contributed by atoms with Gasteiger partial charge in [-0.3, -0.25) is 14.4 Å². The largest absolute Gasteiger partial charge is 0.507 e. The minimum absolute atomic E-state index is 0.0386. The SMILES string of the molecule is COCOc1cc(O)c2c(=O)c(OCCCOc3ccc(CC(C(=O)OC)C(=O)OC)cc3)c(-c3ccc(OCOC)c(OCOC)c3)oc2c1. The first-order valence-electron chi connectivity index (χ1n) is 15.6. The average Bonchev–Trinajstić information content (AvgIpc) is 3.14. The lowest BCUT2D eigenvalue weighted by Crippen LogP contribution is -2.28. The molecule has 0 unspecified atom stereocenters. The van der Waals surface area contributed by atoms with E-state index in [1.807, 2.05) is 0 Å². The molecule has 0 radical (unpaired) electrons. The monoisotopic (exact) mass is 712 g/mol. The van der Waals surface area contributed by atoms with Crippen molar-refractivity contribution in [1.82, 2.24) is 0 Å². The highest BCUT2D eigenvalue weighted by atomic mass is 16.7. The minimum Gasteiger partial charge on any atom is -0.507 e. The van der Waals surface area contributed by atoms with Gasteiger partial charge in [0.05, 0.1) is 27.4 Å². The van der Waals surface area contributed by atoms with E-state index in [4.69, 9.17) is 51.8 Å². The lowest BCUT2D eigenvalue weighted by atomic mass is 9.99. The highest BCUT2D eigenvalue weighted by Crippen LogP contribution is 2.39. The van der Waals surface area contributed by atoms with E-state index in [1.165, 1.54) is 47.7 Å². The van der Waals surface area contributed by atoms with Gasteiger partial charge in [-0.05, 0) is 42.3 Å². The number of esters is 2. The Bertz CT molecular complexity index is 1800. The van der Waals surface area contributed by atoms with Crippen LogP contribution in [0.25, 0.3) is 22.3 Å². The Morgan fingerprint density at radius 1 is 0.706 bits per heavy atom. The van der Waals surface area contributed by atoms with Gasteiger partial charge in [0.15, 0.2) is 43.6 Å². The summed E-state index contributed by atoms with van der Waals surface area (Å²) in [7, 11) is 6.82. The molecule has 0 fully saturated rings. The number of benzene rings is 3. The Hall–Kier alpha value is -5.51. The van der Waals surface area contributed by atoms with Gasteiger partial charge in [0.25, 0.3) is 0 Å². The van der Waals surface area contributed by atoms with Crippen LogP contribution in [0.1, 0.15) is 12.0 Å². The van der Waals surface area contributed by atoms with E-state index in [2.05, 4.69) is 0 Å². The quantitative estimate of drug-likeness (QED) is 0.0587. The molecule has 0 amide bonds. The fourth-order valence-electron chi connectivity index (χ4n) is 4.84. The molecule has 274 valence electrons. The zero-order valence-corrected chi connectivity index (χ0v) is 28.9. The number of hydrogen-bond acceptors (Lipinski definition) is 15. The predicted molar refractivity (Wildman–Crippen MR) is 180 cm³/mol. The number of carbonyl (C=O) groups excluding carboxylic acids is 2. The number of methoxy groups -OCH3 is 5. The van der Waals surface area contributed by atoms with Crippen LogP contribution in [-0.4, -0.2) is 86.2 Å². The number of carbonyl (C=O) groups is 2. The highest BCUT2D eigenvalue weighted by Gasteiger charge is 2.29. The number of fused-ring (bicyclic) bond motifs is 1. The lowest BCUT2D eigenvalue weighted by Gasteiger charge is -2.16. The summed E-state index contributed by atoms with van der Waals surface area (Å²) in [6, 6.07) is 14.5. The van der Waals surface area contributed by atoms with Gasteiger partial charge < -0.3 is 56.9 Å². The van der Waals surface area contributed by atoms with Crippen molar-refractivity contribution < 1.29 is 66.5 Å². The van der Waals surface area contributed by atoms with Gasteiger partial charge >= 0.3 is 11.9 Å². The van der Waals surface area contributed by atoms with E-state index in [0.29, 0.717) is 29.0 Å². The van der Waals surface area contributed by atoms with Crippen molar-refractivity contribution in [2.45, 2.75) is 12.8 Å². The van der Waals surface area contributed by atoms with Gasteiger partial charge in [0.1, 0.15) is 28.2 Å². The zero-order valence-electron chi connectivity index (χ0n) is 28.9. The first-order valence-corrected chi connectivity index (χ1v) is 15.6. The van der Waals surface area contributed by atoms with E-state index in [9.17, 15) is 19.5 Å². The maximum Gasteiger partial charge on any atom is 0.320 e. The molecule has 0 spiro atoms. The highest BCUT2D eigenvalue weighted by molar-refractivity contribution is 5.95. The van der Waals surface area contributed by atoms with E-state index in [0.717, 1.165) is 0 Å². The van der Waals surface area contributed by atoms with Crippen LogP contribution in [0.15, 0.2) is 63.8 Å². The molecule has 0 aliphatic carbocycles. The first-order chi connectivity index (χ1) is 24.7.